The summed E-state index contributed by atoms with van der Waals surface area (Å²) in [5.41, 5.74) is 6.19. The van der Waals surface area contributed by atoms with Crippen molar-refractivity contribution in [3.63, 3.8) is 0 Å². The van der Waals surface area contributed by atoms with Crippen molar-refractivity contribution in [3.8, 4) is 0 Å². The van der Waals surface area contributed by atoms with Gasteiger partial charge in [0.1, 0.15) is 0 Å². The minimum absolute atomic E-state index is 0. The Hall–Kier alpha value is 0.380. The fraction of sp³-hybridized carbons (Fsp3) is 0.474. The van der Waals surface area contributed by atoms with E-state index in [0.717, 1.165) is 17.8 Å². The summed E-state index contributed by atoms with van der Waals surface area (Å²) in [5, 5.41) is 0. The van der Waals surface area contributed by atoms with Gasteiger partial charge >= 0.3 is 30.2 Å². The molecule has 0 saturated heterocycles. The molecule has 0 amide bonds. The molecule has 0 N–H and O–H groups in total. The van der Waals surface area contributed by atoms with Crippen LogP contribution in [0.4, 0.5) is 0 Å². The Morgan fingerprint density at radius 1 is 1.17 bits per heavy atom. The van der Waals surface area contributed by atoms with E-state index in [1.54, 1.807) is 40.0 Å². The van der Waals surface area contributed by atoms with E-state index in [2.05, 4.69) is 45.0 Å². The van der Waals surface area contributed by atoms with Crippen LogP contribution in [0.25, 0.3) is 0 Å². The van der Waals surface area contributed by atoms with E-state index < -0.39 is 0 Å². The molecule has 2 aliphatic rings. The topological polar surface area (TPSA) is 0 Å². The molecule has 4 rings (SSSR count). The predicted molar refractivity (Wildman–Crippen MR) is 90.6 cm³/mol. The van der Waals surface area contributed by atoms with Crippen LogP contribution in [0, 0.1) is 19.8 Å². The van der Waals surface area contributed by atoms with Gasteiger partial charge in [0.2, 0.25) is 0 Å². The number of hydrogen-bond donors (Lipinski definition) is 0. The second-order valence-electron chi connectivity index (χ2n) is 6.48. The number of rotatable bonds is 2. The van der Waals surface area contributed by atoms with Crippen LogP contribution < -0.4 is 24.8 Å². The van der Waals surface area contributed by atoms with E-state index >= 15 is 0 Å². The standard InChI is InChI=1S/C13H17.C6H7.2ClH.H2Si.Zr/c1-8-5-11(12-6-9(12)2)7-13(8)10-3-4-10;1-6-4-2-3-5-6;;;;/h5,7,9-10,12H,3-4,6H2,1-2H3;2-5H,1H3;2*1H;1H2;/q2*-1;;;;+2/p-2. The summed E-state index contributed by atoms with van der Waals surface area (Å²) < 4.78 is 0. The maximum absolute atomic E-state index is 2.49. The molecule has 2 saturated carbocycles. The minimum atomic E-state index is 0. The van der Waals surface area contributed by atoms with Crippen molar-refractivity contribution in [2.75, 3.05) is 0 Å². The molecule has 126 valence electrons. The van der Waals surface area contributed by atoms with Crippen LogP contribution in [0.3, 0.4) is 0 Å². The molecular weight excluding hydrogens is 418 g/mol. The third-order valence-corrected chi connectivity index (χ3v) is 4.54. The summed E-state index contributed by atoms with van der Waals surface area (Å²) in [6.07, 6.45) is 4.29. The van der Waals surface area contributed by atoms with E-state index in [4.69, 9.17) is 0 Å². The van der Waals surface area contributed by atoms with Crippen molar-refractivity contribution >= 4 is 6.88 Å². The fourth-order valence-corrected chi connectivity index (χ4v) is 2.97. The molecule has 23 heavy (non-hydrogen) atoms. The molecule has 2 aromatic rings. The van der Waals surface area contributed by atoms with Crippen molar-refractivity contribution in [2.45, 2.75) is 51.9 Å². The summed E-state index contributed by atoms with van der Waals surface area (Å²) in [6.45, 7) is 8.68. The van der Waals surface area contributed by atoms with Crippen LogP contribution in [-0.2, 0) is 23.3 Å². The molecule has 0 aromatic heterocycles. The first-order valence-electron chi connectivity index (χ1n) is 7.96. The molecule has 0 spiro atoms. The average Bonchev–Trinajstić information content (AvgIpc) is 3.37. The average molecular weight is 445 g/mol. The SMILES string of the molecule is Cc1[cH-]c(C2CC2C)cc1C1CC1.Cc1cc[cH-]c1.[Cl-].[Cl-].[SiH2]=[Zr+2]. The van der Waals surface area contributed by atoms with Crippen molar-refractivity contribution in [1.29, 1.82) is 0 Å². The Balaban J connectivity index is 0.000000418. The molecule has 4 heteroatoms. The van der Waals surface area contributed by atoms with Gasteiger partial charge in [0.25, 0.3) is 0 Å². The predicted octanol–water partition coefficient (Wildman–Crippen LogP) is -1.48. The first-order valence-corrected chi connectivity index (χ1v) is 13.9. The van der Waals surface area contributed by atoms with Crippen molar-refractivity contribution in [3.05, 3.63) is 58.7 Å². The van der Waals surface area contributed by atoms with Crippen molar-refractivity contribution in [2.24, 2.45) is 5.92 Å². The number of aryl methyl sites for hydroxylation is 2. The van der Waals surface area contributed by atoms with Crippen LogP contribution >= 0.6 is 0 Å². The molecule has 0 heterocycles. The van der Waals surface area contributed by atoms with Crippen molar-refractivity contribution < 1.29 is 48.1 Å². The van der Waals surface area contributed by atoms with Gasteiger partial charge in [-0.05, 0) is 18.3 Å². The maximum atomic E-state index is 2.49. The van der Waals surface area contributed by atoms with Gasteiger partial charge in [-0.15, -0.1) is 0 Å². The summed E-state index contributed by atoms with van der Waals surface area (Å²) >= 11 is 1.58. The molecule has 2 unspecified atom stereocenters. The summed E-state index contributed by atoms with van der Waals surface area (Å²) in [4.78, 5) is 0. The van der Waals surface area contributed by atoms with Crippen LogP contribution in [0.2, 0.25) is 0 Å². The Morgan fingerprint density at radius 3 is 2.13 bits per heavy atom. The Bertz CT molecular complexity index is 558. The van der Waals surface area contributed by atoms with Gasteiger partial charge in [0.15, 0.2) is 0 Å². The molecular formula is C19H26Cl2SiZr-2. The fourth-order valence-electron chi connectivity index (χ4n) is 2.97. The van der Waals surface area contributed by atoms with E-state index in [-0.39, 0.29) is 24.8 Å². The molecule has 2 atom stereocenters. The Kier molecular flexibility index (Phi) is 11.3. The monoisotopic (exact) mass is 442 g/mol. The van der Waals surface area contributed by atoms with Gasteiger partial charge in [-0.2, -0.15) is 41.0 Å². The second-order valence-corrected chi connectivity index (χ2v) is 6.48. The molecule has 0 radical (unpaired) electrons. The van der Waals surface area contributed by atoms with Crippen LogP contribution in [0.1, 0.15) is 60.3 Å². The normalized spacial score (nSPS) is 20.7. The van der Waals surface area contributed by atoms with Gasteiger partial charge < -0.3 is 24.8 Å². The van der Waals surface area contributed by atoms with Crippen LogP contribution in [0.15, 0.2) is 36.4 Å². The molecule has 2 aromatic carbocycles. The number of halogens is 2. The zero-order valence-electron chi connectivity index (χ0n) is 14.3. The Morgan fingerprint density at radius 2 is 1.78 bits per heavy atom. The van der Waals surface area contributed by atoms with Crippen molar-refractivity contribution in [1.82, 2.24) is 0 Å². The Labute approximate surface area is 170 Å². The summed E-state index contributed by atoms with van der Waals surface area (Å²) in [5.74, 6) is 2.79. The molecule has 0 bridgehead atoms. The van der Waals surface area contributed by atoms with E-state index in [1.807, 2.05) is 19.0 Å². The summed E-state index contributed by atoms with van der Waals surface area (Å²) in [7, 11) is 0. The number of hydrogen-bond acceptors (Lipinski definition) is 0. The third-order valence-electron chi connectivity index (χ3n) is 4.54. The van der Waals surface area contributed by atoms with Crippen LogP contribution in [-0.4, -0.2) is 6.88 Å². The van der Waals surface area contributed by atoms with Gasteiger partial charge in [0, 0.05) is 0 Å². The first-order chi connectivity index (χ1) is 10.1. The summed E-state index contributed by atoms with van der Waals surface area (Å²) in [6, 6.07) is 13.2. The zero-order valence-corrected chi connectivity index (χ0v) is 19.7. The second kappa shape index (κ2) is 11.1. The van der Waals surface area contributed by atoms with Gasteiger partial charge in [-0.1, -0.05) is 39.5 Å². The van der Waals surface area contributed by atoms with Gasteiger partial charge in [0.05, 0.1) is 0 Å². The molecule has 2 aliphatic carbocycles. The van der Waals surface area contributed by atoms with Gasteiger partial charge in [-0.3, -0.25) is 0 Å². The van der Waals surface area contributed by atoms with Crippen LogP contribution in [0.5, 0.6) is 0 Å². The van der Waals surface area contributed by atoms with Gasteiger partial charge in [-0.25, -0.2) is 17.7 Å². The molecule has 0 aliphatic heterocycles. The van der Waals surface area contributed by atoms with E-state index in [9.17, 15) is 0 Å². The zero-order chi connectivity index (χ0) is 15.4. The third kappa shape index (κ3) is 7.02. The molecule has 2 fully saturated rings. The van der Waals surface area contributed by atoms with E-state index in [1.165, 1.54) is 24.8 Å². The molecule has 0 nitrogen and oxygen atoms in total. The quantitative estimate of drug-likeness (QED) is 0.392. The first kappa shape index (κ1) is 23.4. The van der Waals surface area contributed by atoms with E-state index in [0.29, 0.717) is 0 Å².